The zero-order valence-corrected chi connectivity index (χ0v) is 14.7. The molecule has 1 nitrogen and oxygen atoms in total. The van der Waals surface area contributed by atoms with E-state index in [1.807, 2.05) is 6.07 Å². The predicted octanol–water partition coefficient (Wildman–Crippen LogP) is 5.78. The molecule has 0 spiro atoms. The van der Waals surface area contributed by atoms with Gasteiger partial charge >= 0.3 is 0 Å². The van der Waals surface area contributed by atoms with Crippen molar-refractivity contribution in [3.05, 3.63) is 63.6 Å². The molecule has 0 aliphatic rings. The molecule has 0 fully saturated rings. The maximum absolute atomic E-state index is 4.73. The number of benzene rings is 2. The van der Waals surface area contributed by atoms with Crippen molar-refractivity contribution in [3.63, 3.8) is 0 Å². The maximum atomic E-state index is 4.73. The van der Waals surface area contributed by atoms with Gasteiger partial charge in [-0.25, -0.2) is 4.98 Å². The summed E-state index contributed by atoms with van der Waals surface area (Å²) in [6, 6.07) is 16.9. The van der Waals surface area contributed by atoms with E-state index in [9.17, 15) is 0 Å². The van der Waals surface area contributed by atoms with Crippen LogP contribution in [0.1, 0.15) is 16.5 Å². The summed E-state index contributed by atoms with van der Waals surface area (Å²) in [7, 11) is 0. The Morgan fingerprint density at radius 3 is 2.70 bits per heavy atom. The molecule has 0 aliphatic carbocycles. The number of para-hydroxylation sites is 1. The summed E-state index contributed by atoms with van der Waals surface area (Å²) in [6.45, 7) is 0. The quantitative estimate of drug-likeness (QED) is 0.496. The number of alkyl halides is 1. The van der Waals surface area contributed by atoms with E-state index >= 15 is 0 Å². The predicted molar refractivity (Wildman–Crippen MR) is 94.0 cm³/mol. The van der Waals surface area contributed by atoms with E-state index in [4.69, 9.17) is 4.98 Å². The first-order chi connectivity index (χ1) is 9.76. The van der Waals surface area contributed by atoms with Crippen LogP contribution in [0.2, 0.25) is 0 Å². The second kappa shape index (κ2) is 6.37. The van der Waals surface area contributed by atoms with E-state index in [1.165, 1.54) is 15.3 Å². The van der Waals surface area contributed by atoms with Crippen molar-refractivity contribution in [2.45, 2.75) is 12.3 Å². The summed E-state index contributed by atoms with van der Waals surface area (Å²) in [5.74, 6) is 0.452. The van der Waals surface area contributed by atoms with Crippen molar-refractivity contribution in [1.29, 1.82) is 0 Å². The van der Waals surface area contributed by atoms with Gasteiger partial charge in [0, 0.05) is 16.2 Å². The Labute approximate surface area is 139 Å². The summed E-state index contributed by atoms with van der Waals surface area (Å²) in [4.78, 5) is 4.73. The molecular weight excluding hydrogens is 398 g/mol. The number of thiazole rings is 1. The van der Waals surface area contributed by atoms with E-state index < -0.39 is 0 Å². The lowest BCUT2D eigenvalue weighted by atomic mass is 9.98. The highest BCUT2D eigenvalue weighted by Crippen LogP contribution is 2.29. The Morgan fingerprint density at radius 2 is 1.95 bits per heavy atom. The molecule has 1 atom stereocenters. The van der Waals surface area contributed by atoms with Crippen molar-refractivity contribution in [2.75, 3.05) is 5.33 Å². The molecule has 0 aliphatic heterocycles. The topological polar surface area (TPSA) is 12.9 Å². The minimum absolute atomic E-state index is 0.452. The normalized spacial score (nSPS) is 12.7. The average Bonchev–Trinajstić information content (AvgIpc) is 2.87. The summed E-state index contributed by atoms with van der Waals surface area (Å²) in [5, 5.41) is 2.15. The van der Waals surface area contributed by atoms with Gasteiger partial charge in [0.15, 0.2) is 0 Å². The number of hydrogen-bond acceptors (Lipinski definition) is 2. The summed E-state index contributed by atoms with van der Waals surface area (Å²) in [5.41, 5.74) is 2.45. The molecule has 3 aromatic rings. The fourth-order valence-electron chi connectivity index (χ4n) is 2.24. The Bertz CT molecular complexity index is 690. The molecule has 4 heteroatoms. The molecule has 20 heavy (non-hydrogen) atoms. The Balaban J connectivity index is 1.87. The standard InChI is InChI=1S/C16H13Br2NS/c17-10-12(11-4-3-5-13(18)8-11)9-16-19-14-6-1-2-7-15(14)20-16/h1-8,12H,9-10H2. The number of aromatic nitrogens is 1. The second-order valence-electron chi connectivity index (χ2n) is 4.69. The van der Waals surface area contributed by atoms with E-state index in [2.05, 4.69) is 74.3 Å². The first-order valence-electron chi connectivity index (χ1n) is 6.42. The SMILES string of the molecule is BrCC(Cc1nc2ccccc2s1)c1cccc(Br)c1. The van der Waals surface area contributed by atoms with Crippen molar-refractivity contribution >= 4 is 53.4 Å². The highest BCUT2D eigenvalue weighted by atomic mass is 79.9. The molecule has 0 N–H and O–H groups in total. The first kappa shape index (κ1) is 14.2. The maximum Gasteiger partial charge on any atom is 0.0945 e. The van der Waals surface area contributed by atoms with Gasteiger partial charge in [0.2, 0.25) is 0 Å². The summed E-state index contributed by atoms with van der Waals surface area (Å²) >= 11 is 8.98. The lowest BCUT2D eigenvalue weighted by Gasteiger charge is -2.13. The molecule has 3 rings (SSSR count). The van der Waals surface area contributed by atoms with Gasteiger partial charge in [0.05, 0.1) is 15.2 Å². The fraction of sp³-hybridized carbons (Fsp3) is 0.188. The summed E-state index contributed by atoms with van der Waals surface area (Å²) < 4.78 is 2.40. The summed E-state index contributed by atoms with van der Waals surface area (Å²) in [6.07, 6.45) is 0.973. The van der Waals surface area contributed by atoms with Crippen LogP contribution in [0.3, 0.4) is 0 Å². The van der Waals surface area contributed by atoms with Crippen LogP contribution in [-0.2, 0) is 6.42 Å². The van der Waals surface area contributed by atoms with E-state index in [0.29, 0.717) is 5.92 Å². The third kappa shape index (κ3) is 3.13. The van der Waals surface area contributed by atoms with Crippen molar-refractivity contribution < 1.29 is 0 Å². The Kier molecular flexibility index (Phi) is 4.54. The molecule has 1 heterocycles. The van der Waals surface area contributed by atoms with Crippen LogP contribution >= 0.6 is 43.2 Å². The van der Waals surface area contributed by atoms with Crippen LogP contribution in [-0.4, -0.2) is 10.3 Å². The van der Waals surface area contributed by atoms with Crippen molar-refractivity contribution in [2.24, 2.45) is 0 Å². The average molecular weight is 411 g/mol. The molecule has 102 valence electrons. The molecule has 1 unspecified atom stereocenters. The van der Waals surface area contributed by atoms with E-state index in [0.717, 1.165) is 21.7 Å². The molecule has 0 amide bonds. The highest BCUT2D eigenvalue weighted by molar-refractivity contribution is 9.10. The number of nitrogens with zero attached hydrogens (tertiary/aromatic N) is 1. The van der Waals surface area contributed by atoms with Gasteiger partial charge < -0.3 is 0 Å². The van der Waals surface area contributed by atoms with E-state index in [-0.39, 0.29) is 0 Å². The molecular formula is C16H13Br2NS. The zero-order valence-electron chi connectivity index (χ0n) is 10.7. The van der Waals surface area contributed by atoms with Crippen LogP contribution in [0, 0.1) is 0 Å². The van der Waals surface area contributed by atoms with Gasteiger partial charge in [0.1, 0.15) is 0 Å². The minimum atomic E-state index is 0.452. The molecule has 1 aromatic heterocycles. The smallest absolute Gasteiger partial charge is 0.0945 e. The lowest BCUT2D eigenvalue weighted by molar-refractivity contribution is 0.771. The van der Waals surface area contributed by atoms with Gasteiger partial charge in [-0.1, -0.05) is 56.1 Å². The number of hydrogen-bond donors (Lipinski definition) is 0. The zero-order chi connectivity index (χ0) is 13.9. The van der Waals surface area contributed by atoms with E-state index in [1.54, 1.807) is 11.3 Å². The van der Waals surface area contributed by atoms with Crippen LogP contribution in [0.25, 0.3) is 10.2 Å². The third-order valence-corrected chi connectivity index (χ3v) is 5.60. The van der Waals surface area contributed by atoms with Crippen LogP contribution in [0.5, 0.6) is 0 Å². The third-order valence-electron chi connectivity index (χ3n) is 3.27. The van der Waals surface area contributed by atoms with Crippen LogP contribution in [0.4, 0.5) is 0 Å². The highest BCUT2D eigenvalue weighted by Gasteiger charge is 2.14. The fourth-order valence-corrected chi connectivity index (χ4v) is 4.31. The number of fused-ring (bicyclic) bond motifs is 1. The monoisotopic (exact) mass is 409 g/mol. The Hall–Kier alpha value is -0.710. The van der Waals surface area contributed by atoms with Gasteiger partial charge in [-0.15, -0.1) is 11.3 Å². The molecule has 0 bridgehead atoms. The Morgan fingerprint density at radius 1 is 1.10 bits per heavy atom. The molecule has 0 saturated heterocycles. The van der Waals surface area contributed by atoms with Gasteiger partial charge in [0.25, 0.3) is 0 Å². The molecule has 2 aromatic carbocycles. The van der Waals surface area contributed by atoms with Crippen LogP contribution < -0.4 is 0 Å². The molecule has 0 radical (unpaired) electrons. The van der Waals surface area contributed by atoms with Gasteiger partial charge in [-0.05, 0) is 35.7 Å². The lowest BCUT2D eigenvalue weighted by Crippen LogP contribution is -2.04. The first-order valence-corrected chi connectivity index (χ1v) is 9.15. The van der Waals surface area contributed by atoms with Gasteiger partial charge in [-0.2, -0.15) is 0 Å². The van der Waals surface area contributed by atoms with Gasteiger partial charge in [-0.3, -0.25) is 0 Å². The largest absolute Gasteiger partial charge is 0.241 e. The second-order valence-corrected chi connectivity index (χ2v) is 7.36. The number of halogens is 2. The van der Waals surface area contributed by atoms with Crippen LogP contribution in [0.15, 0.2) is 53.0 Å². The minimum Gasteiger partial charge on any atom is -0.241 e. The van der Waals surface area contributed by atoms with Crippen molar-refractivity contribution in [1.82, 2.24) is 4.98 Å². The van der Waals surface area contributed by atoms with Crippen molar-refractivity contribution in [3.8, 4) is 0 Å². The number of rotatable bonds is 4. The molecule has 0 saturated carbocycles.